The summed E-state index contributed by atoms with van der Waals surface area (Å²) in [6.45, 7) is 3.99. The lowest BCUT2D eigenvalue weighted by Gasteiger charge is -2.18. The van der Waals surface area contributed by atoms with Crippen LogP contribution in [0.3, 0.4) is 0 Å². The molecule has 0 spiro atoms. The summed E-state index contributed by atoms with van der Waals surface area (Å²) in [6.07, 6.45) is 0. The summed E-state index contributed by atoms with van der Waals surface area (Å²) in [5.41, 5.74) is 2.85. The maximum Gasteiger partial charge on any atom is 0.120 e. The maximum absolute atomic E-state index is 9.80. The van der Waals surface area contributed by atoms with E-state index in [1.165, 1.54) is 0 Å². The van der Waals surface area contributed by atoms with E-state index in [-0.39, 0.29) is 6.04 Å². The zero-order valence-corrected chi connectivity index (χ0v) is 11.2. The molecule has 1 unspecified atom stereocenters. The number of phenolic OH excluding ortho intramolecular Hbond substituents is 1. The first-order valence-electron chi connectivity index (χ1n) is 5.88. The number of para-hydroxylation sites is 1. The highest BCUT2D eigenvalue weighted by molar-refractivity contribution is 6.33. The molecule has 0 amide bonds. The van der Waals surface area contributed by atoms with Gasteiger partial charge in [0.2, 0.25) is 0 Å². The molecule has 0 heterocycles. The van der Waals surface area contributed by atoms with E-state index in [0.29, 0.717) is 10.8 Å². The molecule has 2 rings (SSSR count). The number of nitrogens with one attached hydrogen (secondary N) is 1. The Hall–Kier alpha value is -1.67. The van der Waals surface area contributed by atoms with Crippen LogP contribution < -0.4 is 5.32 Å². The summed E-state index contributed by atoms with van der Waals surface area (Å²) in [4.78, 5) is 0. The molecule has 0 fully saturated rings. The van der Waals surface area contributed by atoms with Crippen LogP contribution in [-0.4, -0.2) is 5.11 Å². The molecule has 0 bridgehead atoms. The summed E-state index contributed by atoms with van der Waals surface area (Å²) in [5, 5.41) is 13.8. The third kappa shape index (κ3) is 2.77. The van der Waals surface area contributed by atoms with Crippen molar-refractivity contribution in [2.75, 3.05) is 5.32 Å². The number of hydrogen-bond donors (Lipinski definition) is 2. The van der Waals surface area contributed by atoms with Crippen molar-refractivity contribution in [3.05, 3.63) is 58.6 Å². The first-order chi connectivity index (χ1) is 8.58. The first kappa shape index (κ1) is 12.8. The van der Waals surface area contributed by atoms with E-state index in [9.17, 15) is 5.11 Å². The molecule has 2 aromatic carbocycles. The van der Waals surface area contributed by atoms with Crippen molar-refractivity contribution < 1.29 is 5.11 Å². The van der Waals surface area contributed by atoms with Gasteiger partial charge in [0.05, 0.1) is 16.8 Å². The Morgan fingerprint density at radius 1 is 1.17 bits per heavy atom. The molecule has 0 aliphatic heterocycles. The van der Waals surface area contributed by atoms with Crippen LogP contribution in [0.25, 0.3) is 0 Å². The standard InChI is InChI=1S/C15H16ClNO/c1-10-7-8-14(13(16)9-10)17-11(2)12-5-3-4-6-15(12)18/h3-9,11,17-18H,1-2H3. The lowest BCUT2D eigenvalue weighted by Crippen LogP contribution is -2.07. The predicted octanol–water partition coefficient (Wildman–Crippen LogP) is 4.53. The molecular weight excluding hydrogens is 246 g/mol. The van der Waals surface area contributed by atoms with Gasteiger partial charge in [-0.25, -0.2) is 0 Å². The Bertz CT molecular complexity index is 554. The van der Waals surface area contributed by atoms with Crippen LogP contribution in [0.1, 0.15) is 24.1 Å². The van der Waals surface area contributed by atoms with E-state index in [2.05, 4.69) is 5.32 Å². The van der Waals surface area contributed by atoms with Crippen molar-refractivity contribution >= 4 is 17.3 Å². The second-order valence-corrected chi connectivity index (χ2v) is 4.82. The summed E-state index contributed by atoms with van der Waals surface area (Å²) in [5.74, 6) is 0.292. The fourth-order valence-electron chi connectivity index (χ4n) is 1.90. The van der Waals surface area contributed by atoms with Crippen LogP contribution in [0.4, 0.5) is 5.69 Å². The van der Waals surface area contributed by atoms with Crippen LogP contribution in [0, 0.1) is 6.92 Å². The van der Waals surface area contributed by atoms with Gasteiger partial charge in [-0.2, -0.15) is 0 Å². The monoisotopic (exact) mass is 261 g/mol. The normalized spacial score (nSPS) is 12.2. The Kier molecular flexibility index (Phi) is 3.78. The van der Waals surface area contributed by atoms with Gasteiger partial charge in [-0.1, -0.05) is 35.9 Å². The smallest absolute Gasteiger partial charge is 0.120 e. The highest BCUT2D eigenvalue weighted by atomic mass is 35.5. The fourth-order valence-corrected chi connectivity index (χ4v) is 2.19. The topological polar surface area (TPSA) is 32.3 Å². The number of rotatable bonds is 3. The molecule has 0 aliphatic rings. The Balaban J connectivity index is 2.21. The number of phenols is 1. The largest absolute Gasteiger partial charge is 0.508 e. The van der Waals surface area contributed by atoms with E-state index in [1.54, 1.807) is 6.07 Å². The van der Waals surface area contributed by atoms with Gasteiger partial charge >= 0.3 is 0 Å². The van der Waals surface area contributed by atoms with Crippen molar-refractivity contribution in [1.29, 1.82) is 0 Å². The number of hydrogen-bond acceptors (Lipinski definition) is 2. The average Bonchev–Trinajstić information content (AvgIpc) is 2.33. The third-order valence-corrected chi connectivity index (χ3v) is 3.21. The summed E-state index contributed by atoms with van der Waals surface area (Å²) in [7, 11) is 0. The zero-order valence-electron chi connectivity index (χ0n) is 10.4. The van der Waals surface area contributed by atoms with Crippen molar-refractivity contribution in [2.45, 2.75) is 19.9 Å². The van der Waals surface area contributed by atoms with Gasteiger partial charge in [0.25, 0.3) is 0 Å². The van der Waals surface area contributed by atoms with E-state index in [1.807, 2.05) is 50.2 Å². The van der Waals surface area contributed by atoms with Gasteiger partial charge in [-0.3, -0.25) is 0 Å². The molecule has 94 valence electrons. The summed E-state index contributed by atoms with van der Waals surface area (Å²) in [6, 6.07) is 13.2. The van der Waals surface area contributed by atoms with Crippen LogP contribution in [0.15, 0.2) is 42.5 Å². The molecule has 0 saturated heterocycles. The minimum Gasteiger partial charge on any atom is -0.508 e. The number of aromatic hydroxyl groups is 1. The number of halogens is 1. The molecular formula is C15H16ClNO. The fraction of sp³-hybridized carbons (Fsp3) is 0.200. The highest BCUT2D eigenvalue weighted by Crippen LogP contribution is 2.30. The van der Waals surface area contributed by atoms with Gasteiger partial charge in [0.1, 0.15) is 5.75 Å². The van der Waals surface area contributed by atoms with Gasteiger partial charge in [-0.05, 0) is 37.6 Å². The molecule has 0 saturated carbocycles. The van der Waals surface area contributed by atoms with Crippen LogP contribution in [0.5, 0.6) is 5.75 Å². The predicted molar refractivity (Wildman–Crippen MR) is 76.3 cm³/mol. The third-order valence-electron chi connectivity index (χ3n) is 2.90. The molecule has 0 aliphatic carbocycles. The molecule has 3 heteroatoms. The van der Waals surface area contributed by atoms with E-state index < -0.39 is 0 Å². The lowest BCUT2D eigenvalue weighted by molar-refractivity contribution is 0.465. The minimum atomic E-state index is -0.00796. The molecule has 18 heavy (non-hydrogen) atoms. The van der Waals surface area contributed by atoms with E-state index in [4.69, 9.17) is 11.6 Å². The van der Waals surface area contributed by atoms with Crippen LogP contribution >= 0.6 is 11.6 Å². The van der Waals surface area contributed by atoms with Crippen molar-refractivity contribution in [2.24, 2.45) is 0 Å². The second-order valence-electron chi connectivity index (χ2n) is 4.41. The quantitative estimate of drug-likeness (QED) is 0.851. The zero-order chi connectivity index (χ0) is 13.1. The molecule has 2 N–H and O–H groups in total. The van der Waals surface area contributed by atoms with Gasteiger partial charge in [-0.15, -0.1) is 0 Å². The Morgan fingerprint density at radius 3 is 2.56 bits per heavy atom. The molecule has 1 atom stereocenters. The van der Waals surface area contributed by atoms with Crippen molar-refractivity contribution in [3.63, 3.8) is 0 Å². The molecule has 0 aromatic heterocycles. The van der Waals surface area contributed by atoms with Crippen LogP contribution in [0.2, 0.25) is 5.02 Å². The Labute approximate surface area is 112 Å². The van der Waals surface area contributed by atoms with Gasteiger partial charge in [0, 0.05) is 5.56 Å². The first-order valence-corrected chi connectivity index (χ1v) is 6.26. The Morgan fingerprint density at radius 2 is 1.89 bits per heavy atom. The average molecular weight is 262 g/mol. The number of benzene rings is 2. The summed E-state index contributed by atoms with van der Waals surface area (Å²) >= 11 is 6.18. The van der Waals surface area contributed by atoms with Gasteiger partial charge < -0.3 is 10.4 Å². The lowest BCUT2D eigenvalue weighted by atomic mass is 10.1. The molecule has 2 nitrogen and oxygen atoms in total. The van der Waals surface area contributed by atoms with Gasteiger partial charge in [0.15, 0.2) is 0 Å². The molecule has 2 aromatic rings. The number of anilines is 1. The van der Waals surface area contributed by atoms with E-state index >= 15 is 0 Å². The van der Waals surface area contributed by atoms with Crippen molar-refractivity contribution in [3.8, 4) is 5.75 Å². The SMILES string of the molecule is Cc1ccc(NC(C)c2ccccc2O)c(Cl)c1. The summed E-state index contributed by atoms with van der Waals surface area (Å²) < 4.78 is 0. The second kappa shape index (κ2) is 5.32. The van der Waals surface area contributed by atoms with Crippen LogP contribution in [-0.2, 0) is 0 Å². The number of aryl methyl sites for hydroxylation is 1. The van der Waals surface area contributed by atoms with Crippen molar-refractivity contribution in [1.82, 2.24) is 0 Å². The highest BCUT2D eigenvalue weighted by Gasteiger charge is 2.10. The van der Waals surface area contributed by atoms with E-state index in [0.717, 1.165) is 16.8 Å². The maximum atomic E-state index is 9.80. The minimum absolute atomic E-state index is 0.00796. The molecule has 0 radical (unpaired) electrons.